The lowest BCUT2D eigenvalue weighted by atomic mass is 10.0. The van der Waals surface area contributed by atoms with Gasteiger partial charge in [0.15, 0.2) is 13.4 Å². The third kappa shape index (κ3) is 18.2. The van der Waals surface area contributed by atoms with Gasteiger partial charge in [-0.3, -0.25) is 4.79 Å². The van der Waals surface area contributed by atoms with Gasteiger partial charge in [-0.2, -0.15) is 0 Å². The first kappa shape index (κ1) is 33.2. The summed E-state index contributed by atoms with van der Waals surface area (Å²) in [5.74, 6) is 1.45. The molecule has 0 aromatic heterocycles. The van der Waals surface area contributed by atoms with Crippen LogP contribution in [0.15, 0.2) is 12.2 Å². The van der Waals surface area contributed by atoms with Gasteiger partial charge in [0.05, 0.1) is 0 Å². The second-order valence-corrected chi connectivity index (χ2v) is 17.5. The van der Waals surface area contributed by atoms with Gasteiger partial charge in [-0.15, -0.1) is 11.6 Å². The van der Waals surface area contributed by atoms with E-state index in [1.165, 1.54) is 82.4 Å². The van der Waals surface area contributed by atoms with Gasteiger partial charge < -0.3 is 4.43 Å². The molecule has 0 aliphatic carbocycles. The van der Waals surface area contributed by atoms with Crippen molar-refractivity contribution in [2.75, 3.05) is 11.6 Å². The lowest BCUT2D eigenvalue weighted by molar-refractivity contribution is -0.111. The standard InChI is InChI=1S/C28H55ClO2SSi/c1-8-32-27(30)22-20-18-16-14-12-10-9-11-13-15-17-19-21-26(23-25(2)24-29)31-33(6,7)28(3,4)5/h26H,2,8-24H2,1,3-7H3/t26-/m1/s1. The Bertz CT molecular complexity index is 517. The van der Waals surface area contributed by atoms with Crippen LogP contribution in [0, 0.1) is 0 Å². The van der Waals surface area contributed by atoms with E-state index in [-0.39, 0.29) is 11.1 Å². The number of carbonyl (C=O) groups is 1. The fraction of sp³-hybridized carbons (Fsp3) is 0.893. The summed E-state index contributed by atoms with van der Waals surface area (Å²) in [5, 5.41) is 0.609. The van der Waals surface area contributed by atoms with Gasteiger partial charge in [-0.1, -0.05) is 122 Å². The van der Waals surface area contributed by atoms with Gasteiger partial charge in [0.25, 0.3) is 0 Å². The van der Waals surface area contributed by atoms with Crippen LogP contribution in [0.25, 0.3) is 0 Å². The molecule has 2 nitrogen and oxygen atoms in total. The van der Waals surface area contributed by atoms with Gasteiger partial charge >= 0.3 is 0 Å². The molecule has 0 fully saturated rings. The van der Waals surface area contributed by atoms with Gasteiger partial charge in [-0.05, 0) is 43.1 Å². The Hall–Kier alpha value is 0.227. The van der Waals surface area contributed by atoms with Gasteiger partial charge in [-0.25, -0.2) is 0 Å². The molecule has 0 aliphatic rings. The van der Waals surface area contributed by atoms with Crippen molar-refractivity contribution in [1.29, 1.82) is 0 Å². The average Bonchev–Trinajstić information content (AvgIpc) is 2.72. The molecule has 0 bridgehead atoms. The van der Waals surface area contributed by atoms with Crippen LogP contribution in [-0.4, -0.2) is 31.2 Å². The third-order valence-electron chi connectivity index (χ3n) is 6.94. The zero-order valence-corrected chi connectivity index (χ0v) is 25.5. The molecule has 0 radical (unpaired) electrons. The average molecular weight is 519 g/mol. The van der Waals surface area contributed by atoms with Gasteiger partial charge in [0.2, 0.25) is 0 Å². The van der Waals surface area contributed by atoms with Crippen molar-refractivity contribution in [2.24, 2.45) is 0 Å². The number of thioether (sulfide) groups is 1. The number of carbonyl (C=O) groups excluding carboxylic acids is 1. The van der Waals surface area contributed by atoms with E-state index in [1.807, 2.05) is 6.92 Å². The number of rotatable bonds is 21. The first-order valence-electron chi connectivity index (χ1n) is 13.6. The molecule has 196 valence electrons. The van der Waals surface area contributed by atoms with Crippen LogP contribution < -0.4 is 0 Å². The highest BCUT2D eigenvalue weighted by atomic mass is 35.5. The molecule has 0 aliphatic heterocycles. The van der Waals surface area contributed by atoms with E-state index in [4.69, 9.17) is 16.0 Å². The molecule has 0 heterocycles. The monoisotopic (exact) mass is 518 g/mol. The fourth-order valence-corrected chi connectivity index (χ4v) is 5.92. The van der Waals surface area contributed by atoms with E-state index in [0.717, 1.165) is 37.0 Å². The maximum absolute atomic E-state index is 11.5. The summed E-state index contributed by atoms with van der Waals surface area (Å²) in [7, 11) is -1.76. The molecule has 0 unspecified atom stereocenters. The van der Waals surface area contributed by atoms with Crippen LogP contribution in [0.4, 0.5) is 0 Å². The van der Waals surface area contributed by atoms with Gasteiger partial charge in [0.1, 0.15) is 0 Å². The zero-order valence-electron chi connectivity index (χ0n) is 22.9. The van der Waals surface area contributed by atoms with Crippen molar-refractivity contribution < 1.29 is 9.22 Å². The molecule has 0 saturated heterocycles. The topological polar surface area (TPSA) is 26.3 Å². The lowest BCUT2D eigenvalue weighted by Crippen LogP contribution is -2.44. The predicted molar refractivity (Wildman–Crippen MR) is 154 cm³/mol. The molecule has 0 saturated carbocycles. The maximum Gasteiger partial charge on any atom is 0.192 e. The van der Waals surface area contributed by atoms with Crippen molar-refractivity contribution in [3.8, 4) is 0 Å². The quantitative estimate of drug-likeness (QED) is 0.0653. The van der Waals surface area contributed by atoms with Crippen molar-refractivity contribution in [3.63, 3.8) is 0 Å². The fourth-order valence-electron chi connectivity index (χ4n) is 3.81. The van der Waals surface area contributed by atoms with E-state index in [2.05, 4.69) is 40.4 Å². The van der Waals surface area contributed by atoms with Crippen LogP contribution in [-0.2, 0) is 9.22 Å². The smallest absolute Gasteiger partial charge is 0.192 e. The SMILES string of the molecule is C=C(CCl)C[C@@H](CCCCCCCCCCCCCCC(=O)SCC)O[Si](C)(C)C(C)(C)C. The third-order valence-corrected chi connectivity index (χ3v) is 12.7. The highest BCUT2D eigenvalue weighted by Gasteiger charge is 2.39. The molecule has 1 atom stereocenters. The first-order valence-corrected chi connectivity index (χ1v) is 18.0. The van der Waals surface area contributed by atoms with Crippen LogP contribution in [0.2, 0.25) is 18.1 Å². The maximum atomic E-state index is 11.5. The summed E-state index contributed by atoms with van der Waals surface area (Å²) in [4.78, 5) is 11.5. The van der Waals surface area contributed by atoms with Crippen LogP contribution in [0.5, 0.6) is 0 Å². The Balaban J connectivity index is 3.80. The molecule has 0 amide bonds. The van der Waals surface area contributed by atoms with Gasteiger partial charge in [0, 0.05) is 18.4 Å². The summed E-state index contributed by atoms with van der Waals surface area (Å²) in [6.07, 6.45) is 18.7. The number of halogens is 1. The molecule has 0 aromatic carbocycles. The lowest BCUT2D eigenvalue weighted by Gasteiger charge is -2.39. The molecule has 0 rings (SSSR count). The van der Waals surface area contributed by atoms with Crippen molar-refractivity contribution in [2.45, 2.75) is 148 Å². The number of hydrogen-bond donors (Lipinski definition) is 0. The normalized spacial score (nSPS) is 13.3. The number of hydrogen-bond acceptors (Lipinski definition) is 3. The first-order chi connectivity index (χ1) is 15.5. The molecule has 0 aromatic rings. The molecule has 0 spiro atoms. The minimum absolute atomic E-state index is 0.236. The molecule has 5 heteroatoms. The Morgan fingerprint density at radius 2 is 1.36 bits per heavy atom. The van der Waals surface area contributed by atoms with Crippen LogP contribution >= 0.6 is 23.4 Å². The summed E-state index contributed by atoms with van der Waals surface area (Å²) >= 11 is 7.48. The molecule has 0 N–H and O–H groups in total. The van der Waals surface area contributed by atoms with E-state index >= 15 is 0 Å². The Morgan fingerprint density at radius 1 is 0.909 bits per heavy atom. The summed E-state index contributed by atoms with van der Waals surface area (Å²) < 4.78 is 6.71. The highest BCUT2D eigenvalue weighted by Crippen LogP contribution is 2.38. The summed E-state index contributed by atoms with van der Waals surface area (Å²) in [6.45, 7) is 17.8. The Morgan fingerprint density at radius 3 is 1.79 bits per heavy atom. The van der Waals surface area contributed by atoms with Crippen LogP contribution in [0.3, 0.4) is 0 Å². The van der Waals surface area contributed by atoms with E-state index < -0.39 is 8.32 Å². The zero-order chi connectivity index (χ0) is 25.2. The van der Waals surface area contributed by atoms with E-state index in [1.54, 1.807) is 0 Å². The van der Waals surface area contributed by atoms with Crippen LogP contribution in [0.1, 0.15) is 124 Å². The van der Waals surface area contributed by atoms with E-state index in [9.17, 15) is 4.79 Å². The molecular formula is C28H55ClO2SSi. The van der Waals surface area contributed by atoms with E-state index in [0.29, 0.717) is 11.0 Å². The Labute approximate surface area is 217 Å². The largest absolute Gasteiger partial charge is 0.414 e. The number of alkyl halides is 1. The molecular weight excluding hydrogens is 464 g/mol. The minimum Gasteiger partial charge on any atom is -0.414 e. The van der Waals surface area contributed by atoms with Crippen molar-refractivity contribution >= 4 is 36.8 Å². The highest BCUT2D eigenvalue weighted by molar-refractivity contribution is 8.13. The minimum atomic E-state index is -1.76. The van der Waals surface area contributed by atoms with Crippen molar-refractivity contribution in [3.05, 3.63) is 12.2 Å². The number of unbranched alkanes of at least 4 members (excludes halogenated alkanes) is 11. The predicted octanol–water partition coefficient (Wildman–Crippen LogP) is 10.3. The summed E-state index contributed by atoms with van der Waals surface area (Å²) in [5.41, 5.74) is 1.10. The van der Waals surface area contributed by atoms with Crippen molar-refractivity contribution in [1.82, 2.24) is 0 Å². The Kier molecular flexibility index (Phi) is 19.6. The molecule has 33 heavy (non-hydrogen) atoms. The second kappa shape index (κ2) is 19.4. The second-order valence-electron chi connectivity index (χ2n) is 11.2. The summed E-state index contributed by atoms with van der Waals surface area (Å²) in [6, 6.07) is 0.